The summed E-state index contributed by atoms with van der Waals surface area (Å²) < 4.78 is 10.9. The van der Waals surface area contributed by atoms with Crippen molar-refractivity contribution in [2.24, 2.45) is 0 Å². The molecule has 0 radical (unpaired) electrons. The summed E-state index contributed by atoms with van der Waals surface area (Å²) in [7, 11) is 1.58. The number of allylic oxidation sites excluding steroid dienone is 2. The zero-order valence-electron chi connectivity index (χ0n) is 15.4. The molecule has 0 amide bonds. The Balaban J connectivity index is 2.23. The lowest BCUT2D eigenvalue weighted by atomic mass is 9.97. The number of rotatable bonds is 8. The first-order chi connectivity index (χ1) is 12.7. The minimum Gasteiger partial charge on any atom is -0.493 e. The highest BCUT2D eigenvalue weighted by molar-refractivity contribution is 5.92. The quantitative estimate of drug-likeness (QED) is 0.494. The molecule has 134 valence electrons. The predicted molar refractivity (Wildman–Crippen MR) is 108 cm³/mol. The van der Waals surface area contributed by atoms with Crippen LogP contribution >= 0.6 is 0 Å². The highest BCUT2D eigenvalue weighted by Gasteiger charge is 2.13. The van der Waals surface area contributed by atoms with Gasteiger partial charge in [0.2, 0.25) is 0 Å². The number of hydrogen-bond acceptors (Lipinski definition) is 3. The Hall–Kier alpha value is -2.87. The first-order valence-corrected chi connectivity index (χ1v) is 8.65. The molecular weight excluding hydrogens is 324 g/mol. The van der Waals surface area contributed by atoms with E-state index in [1.54, 1.807) is 7.11 Å². The normalized spacial score (nSPS) is 12.3. The number of hydrogen-bond donors (Lipinski definition) is 0. The summed E-state index contributed by atoms with van der Waals surface area (Å²) in [6.07, 6.45) is 7.56. The topological polar surface area (TPSA) is 35.5 Å². The molecule has 0 aliphatic heterocycles. The molecule has 1 unspecified atom stereocenters. The molecule has 0 spiro atoms. The Kier molecular flexibility index (Phi) is 7.63. The van der Waals surface area contributed by atoms with Gasteiger partial charge in [0, 0.05) is 12.7 Å². The Morgan fingerprint density at radius 2 is 1.65 bits per heavy atom. The average Bonchev–Trinajstić information content (AvgIpc) is 2.68. The van der Waals surface area contributed by atoms with Gasteiger partial charge in [-0.05, 0) is 31.0 Å². The Bertz CT molecular complexity index is 827. The van der Waals surface area contributed by atoms with Crippen molar-refractivity contribution in [3.8, 4) is 5.75 Å². The molecule has 0 heterocycles. The van der Waals surface area contributed by atoms with Gasteiger partial charge >= 0.3 is 0 Å². The first kappa shape index (κ1) is 19.5. The van der Waals surface area contributed by atoms with E-state index in [1.807, 2.05) is 92.6 Å². The van der Waals surface area contributed by atoms with Gasteiger partial charge in [0.15, 0.2) is 0 Å². The van der Waals surface area contributed by atoms with Crippen molar-refractivity contribution < 1.29 is 14.3 Å². The minimum absolute atomic E-state index is 0.310. The lowest BCUT2D eigenvalue weighted by Crippen LogP contribution is -2.09. The summed E-state index contributed by atoms with van der Waals surface area (Å²) >= 11 is 0. The molecule has 0 aromatic heterocycles. The van der Waals surface area contributed by atoms with Crippen LogP contribution in [0.4, 0.5) is 0 Å². The van der Waals surface area contributed by atoms with Gasteiger partial charge in [-0.2, -0.15) is 0 Å². The summed E-state index contributed by atoms with van der Waals surface area (Å²) in [5.41, 5.74) is 3.31. The van der Waals surface area contributed by atoms with E-state index in [9.17, 15) is 4.79 Å². The number of ether oxygens (including phenoxy) is 2. The lowest BCUT2D eigenvalue weighted by molar-refractivity contribution is 0.164. The SMILES string of the molecule is CCOc1ccccc1/C=C/C=C/c1ccccc1C(=C=O)C(C)OC. The molecule has 0 saturated carbocycles. The van der Waals surface area contributed by atoms with E-state index < -0.39 is 0 Å². The fraction of sp³-hybridized carbons (Fsp3) is 0.217. The van der Waals surface area contributed by atoms with Gasteiger partial charge < -0.3 is 9.47 Å². The van der Waals surface area contributed by atoms with Crippen LogP contribution < -0.4 is 4.74 Å². The van der Waals surface area contributed by atoms with Crippen LogP contribution in [0.5, 0.6) is 5.75 Å². The van der Waals surface area contributed by atoms with Crippen molar-refractivity contribution in [2.75, 3.05) is 13.7 Å². The Labute approximate surface area is 155 Å². The van der Waals surface area contributed by atoms with Crippen molar-refractivity contribution in [3.63, 3.8) is 0 Å². The van der Waals surface area contributed by atoms with E-state index in [4.69, 9.17) is 9.47 Å². The third kappa shape index (κ3) is 5.06. The number of benzene rings is 2. The largest absolute Gasteiger partial charge is 0.493 e. The van der Waals surface area contributed by atoms with Gasteiger partial charge in [0.25, 0.3) is 0 Å². The summed E-state index contributed by atoms with van der Waals surface area (Å²) in [4.78, 5) is 11.4. The molecule has 0 aliphatic rings. The van der Waals surface area contributed by atoms with Crippen molar-refractivity contribution in [2.45, 2.75) is 20.0 Å². The minimum atomic E-state index is -0.310. The highest BCUT2D eigenvalue weighted by atomic mass is 16.5. The van der Waals surface area contributed by atoms with Gasteiger partial charge in [0.1, 0.15) is 11.7 Å². The molecule has 3 heteroatoms. The second kappa shape index (κ2) is 10.2. The van der Waals surface area contributed by atoms with Gasteiger partial charge in [-0.1, -0.05) is 66.8 Å². The van der Waals surface area contributed by atoms with Crippen LogP contribution in [0.3, 0.4) is 0 Å². The molecule has 2 aromatic rings. The fourth-order valence-corrected chi connectivity index (χ4v) is 2.59. The van der Waals surface area contributed by atoms with Gasteiger partial charge in [0.05, 0.1) is 18.3 Å². The van der Waals surface area contributed by atoms with Crippen LogP contribution in [0.1, 0.15) is 30.5 Å². The number of para-hydroxylation sites is 1. The fourth-order valence-electron chi connectivity index (χ4n) is 2.59. The van der Waals surface area contributed by atoms with E-state index >= 15 is 0 Å². The monoisotopic (exact) mass is 348 g/mol. The Morgan fingerprint density at radius 1 is 1.04 bits per heavy atom. The van der Waals surface area contributed by atoms with E-state index in [2.05, 4.69) is 0 Å². The van der Waals surface area contributed by atoms with Gasteiger partial charge in [-0.3, -0.25) is 0 Å². The molecule has 3 nitrogen and oxygen atoms in total. The molecular formula is C23H24O3. The Morgan fingerprint density at radius 3 is 2.31 bits per heavy atom. The first-order valence-electron chi connectivity index (χ1n) is 8.65. The van der Waals surface area contributed by atoms with E-state index in [0.717, 1.165) is 22.4 Å². The summed E-state index contributed by atoms with van der Waals surface area (Å²) in [6, 6.07) is 15.6. The average molecular weight is 348 g/mol. The van der Waals surface area contributed by atoms with Gasteiger partial charge in [-0.15, -0.1) is 0 Å². The van der Waals surface area contributed by atoms with Crippen LogP contribution in [0.2, 0.25) is 0 Å². The van der Waals surface area contributed by atoms with E-state index in [0.29, 0.717) is 12.2 Å². The van der Waals surface area contributed by atoms with Crippen LogP contribution in [0.25, 0.3) is 17.7 Å². The molecule has 0 saturated heterocycles. The third-order valence-electron chi connectivity index (χ3n) is 4.00. The number of carbonyl (C=O) groups excluding carboxylic acids is 1. The van der Waals surface area contributed by atoms with Crippen LogP contribution in [0, 0.1) is 0 Å². The molecule has 2 aromatic carbocycles. The maximum atomic E-state index is 11.4. The smallest absolute Gasteiger partial charge is 0.131 e. The maximum absolute atomic E-state index is 11.4. The molecule has 0 aliphatic carbocycles. The van der Waals surface area contributed by atoms with Crippen LogP contribution in [0.15, 0.2) is 60.7 Å². The lowest BCUT2D eigenvalue weighted by Gasteiger charge is -2.13. The zero-order chi connectivity index (χ0) is 18.8. The summed E-state index contributed by atoms with van der Waals surface area (Å²) in [5.74, 6) is 2.88. The molecule has 26 heavy (non-hydrogen) atoms. The third-order valence-corrected chi connectivity index (χ3v) is 4.00. The van der Waals surface area contributed by atoms with Crippen molar-refractivity contribution in [1.82, 2.24) is 0 Å². The van der Waals surface area contributed by atoms with Crippen molar-refractivity contribution in [1.29, 1.82) is 0 Å². The van der Waals surface area contributed by atoms with Crippen LogP contribution in [-0.4, -0.2) is 25.8 Å². The summed E-state index contributed by atoms with van der Waals surface area (Å²) in [5, 5.41) is 0. The molecule has 0 N–H and O–H groups in total. The van der Waals surface area contributed by atoms with Crippen molar-refractivity contribution in [3.05, 3.63) is 77.4 Å². The highest BCUT2D eigenvalue weighted by Crippen LogP contribution is 2.23. The molecule has 0 bridgehead atoms. The second-order valence-electron chi connectivity index (χ2n) is 5.67. The molecule has 1 atom stereocenters. The van der Waals surface area contributed by atoms with E-state index in [-0.39, 0.29) is 6.10 Å². The van der Waals surface area contributed by atoms with Gasteiger partial charge in [-0.25, -0.2) is 4.79 Å². The zero-order valence-corrected chi connectivity index (χ0v) is 15.4. The summed E-state index contributed by atoms with van der Waals surface area (Å²) in [6.45, 7) is 4.44. The standard InChI is InChI=1S/C23H24O3/c1-4-26-23-16-10-8-14-20(23)13-6-5-11-19-12-7-9-15-21(19)22(17-24)18(2)25-3/h5-16,18H,4H2,1-3H3/b11-5+,13-6+. The van der Waals surface area contributed by atoms with Crippen LogP contribution in [-0.2, 0) is 9.53 Å². The van der Waals surface area contributed by atoms with E-state index in [1.165, 1.54) is 0 Å². The second-order valence-corrected chi connectivity index (χ2v) is 5.67. The number of methoxy groups -OCH3 is 1. The molecule has 0 fully saturated rings. The van der Waals surface area contributed by atoms with Crippen molar-refractivity contribution >= 4 is 23.7 Å². The maximum Gasteiger partial charge on any atom is 0.131 e. The predicted octanol–water partition coefficient (Wildman–Crippen LogP) is 5.06. The molecule has 2 rings (SSSR count).